The van der Waals surface area contributed by atoms with Gasteiger partial charge in [-0.1, -0.05) is 0 Å². The quantitative estimate of drug-likeness (QED) is 0.511. The number of nitrogens with one attached hydrogen (secondary N) is 1. The zero-order valence-electron chi connectivity index (χ0n) is 4.74. The van der Waals surface area contributed by atoms with Crippen LogP contribution in [0.25, 0.3) is 0 Å². The summed E-state index contributed by atoms with van der Waals surface area (Å²) in [6, 6.07) is 3.58. The van der Waals surface area contributed by atoms with E-state index in [-0.39, 0.29) is 17.0 Å². The Labute approximate surface area is 64.0 Å². The Hall–Kier alpha value is -0.610. The molecule has 0 bridgehead atoms. The summed E-state index contributed by atoms with van der Waals surface area (Å²) in [6.07, 6.45) is 3.35. The Bertz CT molecular complexity index is 154. The highest BCUT2D eigenvalue weighted by Gasteiger charge is 1.79. The van der Waals surface area contributed by atoms with E-state index >= 15 is 0 Å². The molecule has 1 aromatic rings. The fourth-order valence-electron chi connectivity index (χ4n) is 0.448. The van der Waals surface area contributed by atoms with E-state index < -0.39 is 0 Å². The highest BCUT2D eigenvalue weighted by Crippen LogP contribution is 1.98. The maximum atomic E-state index is 5.07. The Kier molecular flexibility index (Phi) is 4.00. The lowest BCUT2D eigenvalue weighted by atomic mass is 10.4. The molecule has 0 aromatic carbocycles. The normalized spacial score (nSPS) is 7.67. The van der Waals surface area contributed by atoms with Crippen LogP contribution in [0.2, 0.25) is 0 Å². The van der Waals surface area contributed by atoms with Crippen LogP contribution in [0.1, 0.15) is 0 Å². The average molecular weight is 190 g/mol. The molecule has 1 heterocycles. The Morgan fingerprint density at radius 2 is 1.89 bits per heavy atom. The van der Waals surface area contributed by atoms with Gasteiger partial charge in [0, 0.05) is 12.4 Å². The summed E-state index contributed by atoms with van der Waals surface area (Å²) >= 11 is 0. The molecule has 0 amide bonds. The number of hydrogen-bond acceptors (Lipinski definition) is 3. The number of nitrogen functional groups attached to an aromatic ring is 1. The van der Waals surface area contributed by atoms with Gasteiger partial charge in [0.05, 0.1) is 5.69 Å². The van der Waals surface area contributed by atoms with E-state index in [1.165, 1.54) is 0 Å². The summed E-state index contributed by atoms with van der Waals surface area (Å²) in [6.45, 7) is 0. The first-order chi connectivity index (χ1) is 3.93. The maximum absolute atomic E-state index is 5.07. The summed E-state index contributed by atoms with van der Waals surface area (Å²) in [7, 11) is 0. The van der Waals surface area contributed by atoms with Gasteiger partial charge in [0.2, 0.25) is 0 Å². The van der Waals surface area contributed by atoms with Gasteiger partial charge in [-0.25, -0.2) is 0 Å². The van der Waals surface area contributed by atoms with Gasteiger partial charge >= 0.3 is 0 Å². The van der Waals surface area contributed by atoms with Crippen molar-refractivity contribution in [3.63, 3.8) is 0 Å². The third-order valence-corrected chi connectivity index (χ3v) is 0.847. The zero-order valence-corrected chi connectivity index (χ0v) is 6.46. The molecule has 0 saturated heterocycles. The maximum Gasteiger partial charge on any atom is 0.0515 e. The van der Waals surface area contributed by atoms with Gasteiger partial charge in [-0.2, -0.15) is 0 Å². The summed E-state index contributed by atoms with van der Waals surface area (Å²) < 4.78 is 0. The molecule has 9 heavy (non-hydrogen) atoms. The SMILES string of the molecule is Br.NNc1ccncc1. The van der Waals surface area contributed by atoms with E-state index in [2.05, 4.69) is 10.4 Å². The van der Waals surface area contributed by atoms with Gasteiger partial charge in [0.15, 0.2) is 0 Å². The summed E-state index contributed by atoms with van der Waals surface area (Å²) in [5.41, 5.74) is 3.36. The minimum Gasteiger partial charge on any atom is -0.324 e. The smallest absolute Gasteiger partial charge is 0.0515 e. The first kappa shape index (κ1) is 8.39. The van der Waals surface area contributed by atoms with Crippen molar-refractivity contribution in [2.75, 3.05) is 5.43 Å². The lowest BCUT2D eigenvalue weighted by molar-refractivity contribution is 1.28. The van der Waals surface area contributed by atoms with Crippen LogP contribution in [0.3, 0.4) is 0 Å². The number of nitrogens with two attached hydrogens (primary N) is 1. The van der Waals surface area contributed by atoms with Crippen molar-refractivity contribution in [1.29, 1.82) is 0 Å². The second-order valence-electron chi connectivity index (χ2n) is 1.38. The van der Waals surface area contributed by atoms with Gasteiger partial charge in [-0.05, 0) is 12.1 Å². The third kappa shape index (κ3) is 2.43. The molecule has 4 heteroatoms. The van der Waals surface area contributed by atoms with Gasteiger partial charge in [0.1, 0.15) is 0 Å². The Balaban J connectivity index is 0.000000640. The standard InChI is InChI=1S/C5H7N3.BrH/c6-8-5-1-3-7-4-2-5;/h1-4H,6H2,(H,7,8);1H. The molecule has 0 radical (unpaired) electrons. The number of pyridine rings is 1. The number of aromatic nitrogens is 1. The average Bonchev–Trinajstić information content (AvgIpc) is 1.90. The van der Waals surface area contributed by atoms with Crippen molar-refractivity contribution in [2.45, 2.75) is 0 Å². The Morgan fingerprint density at radius 3 is 2.22 bits per heavy atom. The van der Waals surface area contributed by atoms with Crippen LogP contribution in [0.5, 0.6) is 0 Å². The van der Waals surface area contributed by atoms with E-state index in [9.17, 15) is 0 Å². The summed E-state index contributed by atoms with van der Waals surface area (Å²) in [5, 5.41) is 0. The first-order valence-electron chi connectivity index (χ1n) is 2.30. The van der Waals surface area contributed by atoms with Crippen LogP contribution < -0.4 is 11.3 Å². The summed E-state index contributed by atoms with van der Waals surface area (Å²) in [5.74, 6) is 5.07. The Morgan fingerprint density at radius 1 is 1.33 bits per heavy atom. The molecule has 0 saturated carbocycles. The molecule has 3 nitrogen and oxygen atoms in total. The van der Waals surface area contributed by atoms with Crippen LogP contribution in [0.4, 0.5) is 5.69 Å². The van der Waals surface area contributed by atoms with Crippen molar-refractivity contribution in [2.24, 2.45) is 5.84 Å². The molecule has 0 atom stereocenters. The molecule has 0 aliphatic rings. The largest absolute Gasteiger partial charge is 0.324 e. The number of hydrogen-bond donors (Lipinski definition) is 2. The van der Waals surface area contributed by atoms with Crippen LogP contribution in [-0.4, -0.2) is 4.98 Å². The van der Waals surface area contributed by atoms with E-state index in [1.54, 1.807) is 24.5 Å². The number of hydrazine groups is 1. The number of anilines is 1. The van der Waals surface area contributed by atoms with E-state index in [1.807, 2.05) is 0 Å². The third-order valence-electron chi connectivity index (χ3n) is 0.847. The molecule has 50 valence electrons. The predicted molar refractivity (Wildman–Crippen MR) is 42.4 cm³/mol. The van der Waals surface area contributed by atoms with Gasteiger partial charge in [0.25, 0.3) is 0 Å². The molecular formula is C5H8BrN3. The van der Waals surface area contributed by atoms with Crippen LogP contribution in [-0.2, 0) is 0 Å². The van der Waals surface area contributed by atoms with Gasteiger partial charge in [-0.15, -0.1) is 17.0 Å². The summed E-state index contributed by atoms with van der Waals surface area (Å²) in [4.78, 5) is 3.80. The lowest BCUT2D eigenvalue weighted by Crippen LogP contribution is -2.05. The van der Waals surface area contributed by atoms with Crippen LogP contribution in [0.15, 0.2) is 24.5 Å². The second-order valence-corrected chi connectivity index (χ2v) is 1.38. The highest BCUT2D eigenvalue weighted by molar-refractivity contribution is 8.93. The minimum absolute atomic E-state index is 0. The van der Waals surface area contributed by atoms with Gasteiger partial charge < -0.3 is 5.43 Å². The van der Waals surface area contributed by atoms with Gasteiger partial charge in [-0.3, -0.25) is 10.8 Å². The fourth-order valence-corrected chi connectivity index (χ4v) is 0.448. The fraction of sp³-hybridized carbons (Fsp3) is 0. The first-order valence-corrected chi connectivity index (χ1v) is 2.30. The molecule has 0 fully saturated rings. The number of nitrogens with zero attached hydrogens (tertiary/aromatic N) is 1. The van der Waals surface area contributed by atoms with Crippen molar-refractivity contribution in [3.8, 4) is 0 Å². The van der Waals surface area contributed by atoms with Crippen LogP contribution >= 0.6 is 17.0 Å². The molecular weight excluding hydrogens is 182 g/mol. The monoisotopic (exact) mass is 189 g/mol. The van der Waals surface area contributed by atoms with Crippen LogP contribution in [0, 0.1) is 0 Å². The molecule has 3 N–H and O–H groups in total. The van der Waals surface area contributed by atoms with E-state index in [0.717, 1.165) is 5.69 Å². The predicted octanol–water partition coefficient (Wildman–Crippen LogP) is 0.945. The molecule has 1 aromatic heterocycles. The zero-order chi connectivity index (χ0) is 5.82. The van der Waals surface area contributed by atoms with E-state index in [4.69, 9.17) is 5.84 Å². The van der Waals surface area contributed by atoms with Crippen molar-refractivity contribution in [3.05, 3.63) is 24.5 Å². The van der Waals surface area contributed by atoms with E-state index in [0.29, 0.717) is 0 Å². The minimum atomic E-state index is 0. The molecule has 0 aliphatic heterocycles. The molecule has 0 spiro atoms. The molecule has 0 unspecified atom stereocenters. The number of halogens is 1. The topological polar surface area (TPSA) is 50.9 Å². The second kappa shape index (κ2) is 4.29. The number of rotatable bonds is 1. The van der Waals surface area contributed by atoms with Crippen molar-refractivity contribution >= 4 is 22.7 Å². The van der Waals surface area contributed by atoms with Crippen molar-refractivity contribution in [1.82, 2.24) is 4.98 Å². The van der Waals surface area contributed by atoms with Crippen molar-refractivity contribution < 1.29 is 0 Å². The highest BCUT2D eigenvalue weighted by atomic mass is 79.9. The molecule has 1 rings (SSSR count). The lowest BCUT2D eigenvalue weighted by Gasteiger charge is -1.93. The molecule has 0 aliphatic carbocycles.